The Morgan fingerprint density at radius 3 is 2.47 bits per heavy atom. The summed E-state index contributed by atoms with van der Waals surface area (Å²) in [6.45, 7) is 10.2. The fourth-order valence-corrected chi connectivity index (χ4v) is 3.13. The van der Waals surface area contributed by atoms with E-state index in [2.05, 4.69) is 36.7 Å². The van der Waals surface area contributed by atoms with Crippen LogP contribution in [-0.2, 0) is 4.79 Å². The van der Waals surface area contributed by atoms with Crippen molar-refractivity contribution in [3.05, 3.63) is 11.6 Å². The standard InChI is InChI=1S/C15H25N3O/c1-5-15(19)18-12(3)9-17(10-13(18)4)14-7-6-11(2)8-16-14/h6,8,12-14H,5,7,9-10H2,1-4H3. The lowest BCUT2D eigenvalue weighted by Crippen LogP contribution is -2.60. The maximum Gasteiger partial charge on any atom is 0.222 e. The summed E-state index contributed by atoms with van der Waals surface area (Å²) in [5.74, 6) is 0.266. The topological polar surface area (TPSA) is 35.9 Å². The van der Waals surface area contributed by atoms with Crippen molar-refractivity contribution in [3.63, 3.8) is 0 Å². The van der Waals surface area contributed by atoms with E-state index >= 15 is 0 Å². The van der Waals surface area contributed by atoms with Crippen LogP contribution in [0, 0.1) is 0 Å². The Kier molecular flexibility index (Phi) is 4.40. The van der Waals surface area contributed by atoms with Crippen LogP contribution in [0.3, 0.4) is 0 Å². The van der Waals surface area contributed by atoms with Crippen molar-refractivity contribution < 1.29 is 4.79 Å². The zero-order chi connectivity index (χ0) is 14.0. The van der Waals surface area contributed by atoms with Crippen LogP contribution in [0.1, 0.15) is 40.5 Å². The normalized spacial score (nSPS) is 32.3. The van der Waals surface area contributed by atoms with Crippen molar-refractivity contribution in [2.75, 3.05) is 13.1 Å². The van der Waals surface area contributed by atoms with Gasteiger partial charge < -0.3 is 4.90 Å². The first-order valence-electron chi connectivity index (χ1n) is 7.28. The van der Waals surface area contributed by atoms with Gasteiger partial charge in [0.15, 0.2) is 0 Å². The minimum absolute atomic E-state index is 0.257. The largest absolute Gasteiger partial charge is 0.335 e. The quantitative estimate of drug-likeness (QED) is 0.764. The Hall–Kier alpha value is -1.16. The SMILES string of the molecule is CCC(=O)N1C(C)CN(C2CC=C(C)C=N2)CC1C. The Morgan fingerprint density at radius 1 is 1.37 bits per heavy atom. The predicted molar refractivity (Wildman–Crippen MR) is 78.3 cm³/mol. The van der Waals surface area contributed by atoms with Gasteiger partial charge in [0.05, 0.1) is 0 Å². The molecule has 0 aromatic carbocycles. The molecule has 3 atom stereocenters. The van der Waals surface area contributed by atoms with Crippen LogP contribution in [0.4, 0.5) is 0 Å². The highest BCUT2D eigenvalue weighted by molar-refractivity contribution is 5.78. The van der Waals surface area contributed by atoms with Crippen LogP contribution < -0.4 is 0 Å². The highest BCUT2D eigenvalue weighted by atomic mass is 16.2. The molecule has 0 spiro atoms. The summed E-state index contributed by atoms with van der Waals surface area (Å²) in [5, 5.41) is 0. The summed E-state index contributed by atoms with van der Waals surface area (Å²) in [6.07, 6.45) is 6.05. The predicted octanol–water partition coefficient (Wildman–Crippen LogP) is 2.06. The van der Waals surface area contributed by atoms with Gasteiger partial charge >= 0.3 is 0 Å². The molecule has 106 valence electrons. The van der Waals surface area contributed by atoms with Crippen LogP contribution in [0.25, 0.3) is 0 Å². The number of allylic oxidation sites excluding steroid dienone is 1. The monoisotopic (exact) mass is 263 g/mol. The number of hydrogen-bond acceptors (Lipinski definition) is 3. The molecule has 19 heavy (non-hydrogen) atoms. The third kappa shape index (κ3) is 3.06. The summed E-state index contributed by atoms with van der Waals surface area (Å²) >= 11 is 0. The summed E-state index contributed by atoms with van der Waals surface area (Å²) in [4.78, 5) is 21.1. The molecule has 0 aromatic rings. The fourth-order valence-electron chi connectivity index (χ4n) is 3.13. The van der Waals surface area contributed by atoms with Gasteiger partial charge in [-0.05, 0) is 26.3 Å². The molecule has 2 rings (SSSR count). The minimum Gasteiger partial charge on any atom is -0.335 e. The van der Waals surface area contributed by atoms with Crippen molar-refractivity contribution in [1.82, 2.24) is 9.80 Å². The number of hydrogen-bond donors (Lipinski definition) is 0. The smallest absolute Gasteiger partial charge is 0.222 e. The summed E-state index contributed by atoms with van der Waals surface area (Å²) in [6, 6.07) is 0.553. The fraction of sp³-hybridized carbons (Fsp3) is 0.733. The summed E-state index contributed by atoms with van der Waals surface area (Å²) < 4.78 is 0. The van der Waals surface area contributed by atoms with Crippen LogP contribution in [0.15, 0.2) is 16.6 Å². The van der Waals surface area contributed by atoms with Gasteiger partial charge in [-0.3, -0.25) is 14.7 Å². The number of rotatable bonds is 2. The van der Waals surface area contributed by atoms with E-state index in [9.17, 15) is 4.79 Å². The van der Waals surface area contributed by atoms with Crippen molar-refractivity contribution >= 4 is 12.1 Å². The van der Waals surface area contributed by atoms with Crippen molar-refractivity contribution in [3.8, 4) is 0 Å². The van der Waals surface area contributed by atoms with Gasteiger partial charge in [0.1, 0.15) is 6.17 Å². The van der Waals surface area contributed by atoms with Crippen molar-refractivity contribution in [2.24, 2.45) is 4.99 Å². The van der Waals surface area contributed by atoms with E-state index in [-0.39, 0.29) is 24.2 Å². The number of amides is 1. The second-order valence-electron chi connectivity index (χ2n) is 5.75. The molecule has 3 unspecified atom stereocenters. The number of nitrogens with zero attached hydrogens (tertiary/aromatic N) is 3. The zero-order valence-electron chi connectivity index (χ0n) is 12.5. The molecule has 2 aliphatic rings. The number of carbonyl (C=O) groups excluding carboxylic acids is 1. The average Bonchev–Trinajstić information content (AvgIpc) is 2.38. The lowest BCUT2D eigenvalue weighted by atomic mass is 10.0. The zero-order valence-corrected chi connectivity index (χ0v) is 12.5. The molecule has 0 N–H and O–H groups in total. The lowest BCUT2D eigenvalue weighted by Gasteiger charge is -2.46. The third-order valence-corrected chi connectivity index (χ3v) is 4.06. The highest BCUT2D eigenvalue weighted by Gasteiger charge is 2.34. The number of piperazine rings is 1. The third-order valence-electron chi connectivity index (χ3n) is 4.06. The number of aliphatic imine (C=N–C) groups is 1. The first-order valence-corrected chi connectivity index (χ1v) is 7.28. The number of carbonyl (C=O) groups is 1. The van der Waals surface area contributed by atoms with E-state index < -0.39 is 0 Å². The van der Waals surface area contributed by atoms with Gasteiger partial charge in [-0.1, -0.05) is 13.0 Å². The molecule has 1 amide bonds. The maximum absolute atomic E-state index is 12.0. The molecule has 0 aromatic heterocycles. The summed E-state index contributed by atoms with van der Waals surface area (Å²) in [7, 11) is 0. The molecule has 4 heteroatoms. The molecule has 0 aliphatic carbocycles. The van der Waals surface area contributed by atoms with Crippen LogP contribution in [-0.4, -0.2) is 53.3 Å². The van der Waals surface area contributed by atoms with Gasteiger partial charge in [0.2, 0.25) is 5.91 Å². The molecule has 0 radical (unpaired) electrons. The van der Waals surface area contributed by atoms with E-state index in [0.29, 0.717) is 6.42 Å². The van der Waals surface area contributed by atoms with Crippen molar-refractivity contribution in [1.29, 1.82) is 0 Å². The second kappa shape index (κ2) is 5.87. The van der Waals surface area contributed by atoms with Crippen LogP contribution in [0.5, 0.6) is 0 Å². The van der Waals surface area contributed by atoms with Gasteiger partial charge in [-0.25, -0.2) is 0 Å². The van der Waals surface area contributed by atoms with E-state index in [1.54, 1.807) is 0 Å². The number of dihydropyridines is 1. The highest BCUT2D eigenvalue weighted by Crippen LogP contribution is 2.22. The van der Waals surface area contributed by atoms with Gasteiger partial charge in [-0.2, -0.15) is 0 Å². The Morgan fingerprint density at radius 2 is 2.00 bits per heavy atom. The van der Waals surface area contributed by atoms with E-state index in [4.69, 9.17) is 0 Å². The van der Waals surface area contributed by atoms with Gasteiger partial charge in [0.25, 0.3) is 0 Å². The molecule has 1 fully saturated rings. The Bertz CT molecular complexity index is 390. The Labute approximate surface area is 116 Å². The molecule has 4 nitrogen and oxygen atoms in total. The molecular formula is C15H25N3O. The molecule has 2 heterocycles. The second-order valence-corrected chi connectivity index (χ2v) is 5.75. The maximum atomic E-state index is 12.0. The molecular weight excluding hydrogens is 238 g/mol. The van der Waals surface area contributed by atoms with E-state index in [0.717, 1.165) is 19.5 Å². The minimum atomic E-state index is 0.257. The first kappa shape index (κ1) is 14.3. The van der Waals surface area contributed by atoms with Crippen LogP contribution >= 0.6 is 0 Å². The van der Waals surface area contributed by atoms with E-state index in [1.807, 2.05) is 18.0 Å². The Balaban J connectivity index is 2.02. The van der Waals surface area contributed by atoms with Crippen molar-refractivity contribution in [2.45, 2.75) is 58.8 Å². The first-order chi connectivity index (χ1) is 9.02. The van der Waals surface area contributed by atoms with Crippen LogP contribution in [0.2, 0.25) is 0 Å². The van der Waals surface area contributed by atoms with E-state index in [1.165, 1.54) is 5.57 Å². The lowest BCUT2D eigenvalue weighted by molar-refractivity contribution is -0.139. The average molecular weight is 263 g/mol. The summed E-state index contributed by atoms with van der Waals surface area (Å²) in [5.41, 5.74) is 1.25. The molecule has 0 bridgehead atoms. The van der Waals surface area contributed by atoms with Gasteiger partial charge in [-0.15, -0.1) is 0 Å². The van der Waals surface area contributed by atoms with Gasteiger partial charge in [0, 0.05) is 44.2 Å². The molecule has 2 aliphatic heterocycles. The molecule has 1 saturated heterocycles. The molecule has 0 saturated carbocycles.